The highest BCUT2D eigenvalue weighted by atomic mass is 35.6. The number of furan rings is 1. The number of hydrogen-bond donors (Lipinski definition) is 2. The summed E-state index contributed by atoms with van der Waals surface area (Å²) in [6.45, 7) is 1.94. The molecule has 2 rings (SSSR count). The lowest BCUT2D eigenvalue weighted by Crippen LogP contribution is -2.58. The molecular weight excluding hydrogens is 354 g/mol. The summed E-state index contributed by atoms with van der Waals surface area (Å²) in [7, 11) is 0. The van der Waals surface area contributed by atoms with E-state index in [-0.39, 0.29) is 17.7 Å². The van der Waals surface area contributed by atoms with Crippen molar-refractivity contribution in [3.63, 3.8) is 0 Å². The highest BCUT2D eigenvalue weighted by molar-refractivity contribution is 6.68. The molecule has 0 radical (unpaired) electrons. The van der Waals surface area contributed by atoms with Crippen LogP contribution < -0.4 is 10.6 Å². The quantitative estimate of drug-likeness (QED) is 0.625. The average Bonchev–Trinajstić information content (AvgIpc) is 2.93. The second-order valence-electron chi connectivity index (χ2n) is 5.59. The molecule has 0 spiro atoms. The van der Waals surface area contributed by atoms with Crippen LogP contribution in [0.2, 0.25) is 0 Å². The SMILES string of the molecule is CC1CC(F)CCC1NC(NC(=O)c1ccco1)C(Cl)(Cl)Cl. The number of alkyl halides is 4. The molecular formula is C14H18Cl3FN2O2. The van der Waals surface area contributed by atoms with Crippen LogP contribution >= 0.6 is 34.8 Å². The second-order valence-corrected chi connectivity index (χ2v) is 7.96. The fraction of sp³-hybridized carbons (Fsp3) is 0.643. The first-order valence-electron chi connectivity index (χ1n) is 7.08. The number of amides is 1. The maximum absolute atomic E-state index is 13.4. The van der Waals surface area contributed by atoms with E-state index in [9.17, 15) is 9.18 Å². The van der Waals surface area contributed by atoms with Gasteiger partial charge in [-0.3, -0.25) is 10.1 Å². The van der Waals surface area contributed by atoms with Gasteiger partial charge in [0.25, 0.3) is 5.91 Å². The Morgan fingerprint density at radius 3 is 2.73 bits per heavy atom. The molecule has 0 bridgehead atoms. The summed E-state index contributed by atoms with van der Waals surface area (Å²) in [5.74, 6) is -0.277. The Hall–Kier alpha value is -0.490. The third-order valence-corrected chi connectivity index (χ3v) is 4.49. The first-order chi connectivity index (χ1) is 10.3. The number of rotatable bonds is 4. The molecule has 22 heavy (non-hydrogen) atoms. The predicted molar refractivity (Wildman–Crippen MR) is 85.1 cm³/mol. The number of halogens is 4. The van der Waals surface area contributed by atoms with Gasteiger partial charge in [-0.25, -0.2) is 4.39 Å². The largest absolute Gasteiger partial charge is 0.459 e. The molecule has 1 heterocycles. The van der Waals surface area contributed by atoms with Crippen molar-refractivity contribution in [1.82, 2.24) is 10.6 Å². The Morgan fingerprint density at radius 2 is 2.18 bits per heavy atom. The van der Waals surface area contributed by atoms with Gasteiger partial charge in [-0.2, -0.15) is 0 Å². The molecule has 1 aliphatic rings. The van der Waals surface area contributed by atoms with Crippen LogP contribution in [0.25, 0.3) is 0 Å². The van der Waals surface area contributed by atoms with Gasteiger partial charge in [-0.05, 0) is 37.3 Å². The van der Waals surface area contributed by atoms with Gasteiger partial charge >= 0.3 is 0 Å². The van der Waals surface area contributed by atoms with Gasteiger partial charge in [0.1, 0.15) is 12.3 Å². The van der Waals surface area contributed by atoms with E-state index in [2.05, 4.69) is 10.6 Å². The molecule has 1 saturated carbocycles. The summed E-state index contributed by atoms with van der Waals surface area (Å²) >= 11 is 17.8. The van der Waals surface area contributed by atoms with Gasteiger partial charge in [0, 0.05) is 6.04 Å². The van der Waals surface area contributed by atoms with Crippen molar-refractivity contribution in [3.05, 3.63) is 24.2 Å². The lowest BCUT2D eigenvalue weighted by molar-refractivity contribution is 0.0883. The Balaban J connectivity index is 2.02. The van der Waals surface area contributed by atoms with Gasteiger partial charge in [0.2, 0.25) is 3.79 Å². The van der Waals surface area contributed by atoms with E-state index < -0.39 is 22.0 Å². The van der Waals surface area contributed by atoms with Crippen molar-refractivity contribution in [3.8, 4) is 0 Å². The van der Waals surface area contributed by atoms with Crippen molar-refractivity contribution < 1.29 is 13.6 Å². The summed E-state index contributed by atoms with van der Waals surface area (Å²) in [4.78, 5) is 12.1. The van der Waals surface area contributed by atoms with E-state index in [0.29, 0.717) is 19.3 Å². The molecule has 8 heteroatoms. The van der Waals surface area contributed by atoms with Crippen LogP contribution in [-0.2, 0) is 0 Å². The minimum atomic E-state index is -1.74. The molecule has 0 aromatic carbocycles. The first-order valence-corrected chi connectivity index (χ1v) is 8.22. The van der Waals surface area contributed by atoms with Crippen LogP contribution in [0.4, 0.5) is 4.39 Å². The van der Waals surface area contributed by atoms with Crippen molar-refractivity contribution in [2.45, 2.75) is 48.4 Å². The average molecular weight is 372 g/mol. The van der Waals surface area contributed by atoms with E-state index in [0.717, 1.165) is 0 Å². The van der Waals surface area contributed by atoms with E-state index in [4.69, 9.17) is 39.2 Å². The molecule has 1 aromatic rings. The van der Waals surface area contributed by atoms with Crippen LogP contribution in [0.5, 0.6) is 0 Å². The first kappa shape index (κ1) is 17.9. The fourth-order valence-electron chi connectivity index (χ4n) is 2.62. The molecule has 1 aliphatic carbocycles. The van der Waals surface area contributed by atoms with Gasteiger partial charge in [0.15, 0.2) is 5.76 Å². The van der Waals surface area contributed by atoms with Crippen LogP contribution in [0.3, 0.4) is 0 Å². The van der Waals surface area contributed by atoms with Crippen molar-refractivity contribution in [1.29, 1.82) is 0 Å². The zero-order chi connectivity index (χ0) is 16.3. The third-order valence-electron chi connectivity index (χ3n) is 3.83. The number of nitrogens with one attached hydrogen (secondary N) is 2. The maximum atomic E-state index is 13.4. The summed E-state index contributed by atoms with van der Waals surface area (Å²) in [5.41, 5.74) is 0. The zero-order valence-electron chi connectivity index (χ0n) is 12.0. The van der Waals surface area contributed by atoms with Crippen LogP contribution in [0, 0.1) is 5.92 Å². The molecule has 1 aromatic heterocycles. The lowest BCUT2D eigenvalue weighted by Gasteiger charge is -2.36. The Kier molecular flexibility index (Phi) is 6.00. The molecule has 4 unspecified atom stereocenters. The predicted octanol–water partition coefficient (Wildman–Crippen LogP) is 3.82. The maximum Gasteiger partial charge on any atom is 0.288 e. The summed E-state index contributed by atoms with van der Waals surface area (Å²) in [5, 5.41) is 5.73. The van der Waals surface area contributed by atoms with Crippen LogP contribution in [0.15, 0.2) is 22.8 Å². The minimum Gasteiger partial charge on any atom is -0.459 e. The highest BCUT2D eigenvalue weighted by Gasteiger charge is 2.38. The summed E-state index contributed by atoms with van der Waals surface area (Å²) < 4.78 is 16.7. The molecule has 0 aliphatic heterocycles. The lowest BCUT2D eigenvalue weighted by atomic mass is 9.84. The molecule has 0 saturated heterocycles. The van der Waals surface area contributed by atoms with Crippen molar-refractivity contribution in [2.75, 3.05) is 0 Å². The van der Waals surface area contributed by atoms with E-state index in [1.54, 1.807) is 6.07 Å². The normalized spacial score (nSPS) is 27.4. The molecule has 4 nitrogen and oxygen atoms in total. The van der Waals surface area contributed by atoms with E-state index in [1.165, 1.54) is 12.3 Å². The van der Waals surface area contributed by atoms with Gasteiger partial charge in [0.05, 0.1) is 6.26 Å². The highest BCUT2D eigenvalue weighted by Crippen LogP contribution is 2.32. The summed E-state index contributed by atoms with van der Waals surface area (Å²) in [6.07, 6.45) is 1.22. The molecule has 1 amide bonds. The number of hydrogen-bond acceptors (Lipinski definition) is 3. The number of carbonyl (C=O) groups is 1. The monoisotopic (exact) mass is 370 g/mol. The van der Waals surface area contributed by atoms with Gasteiger partial charge < -0.3 is 9.73 Å². The Bertz CT molecular complexity index is 493. The molecule has 124 valence electrons. The van der Waals surface area contributed by atoms with Gasteiger partial charge in [-0.1, -0.05) is 41.7 Å². The zero-order valence-corrected chi connectivity index (χ0v) is 14.3. The topological polar surface area (TPSA) is 54.3 Å². The van der Waals surface area contributed by atoms with Crippen LogP contribution in [-0.4, -0.2) is 28.1 Å². The molecule has 4 atom stereocenters. The Morgan fingerprint density at radius 1 is 1.45 bits per heavy atom. The fourth-order valence-corrected chi connectivity index (χ4v) is 2.97. The standard InChI is InChI=1S/C14H18Cl3FN2O2/c1-8-7-9(18)4-5-10(8)19-13(14(15,16)17)20-12(21)11-3-2-6-22-11/h2-3,6,8-10,13,19H,4-5,7H2,1H3,(H,20,21). The smallest absolute Gasteiger partial charge is 0.288 e. The third kappa shape index (κ3) is 4.75. The second kappa shape index (κ2) is 7.39. The van der Waals surface area contributed by atoms with Gasteiger partial charge in [-0.15, -0.1) is 0 Å². The van der Waals surface area contributed by atoms with E-state index >= 15 is 0 Å². The van der Waals surface area contributed by atoms with E-state index in [1.807, 2.05) is 6.92 Å². The summed E-state index contributed by atoms with van der Waals surface area (Å²) in [6, 6.07) is 3.07. The minimum absolute atomic E-state index is 0.0375. The van der Waals surface area contributed by atoms with Crippen molar-refractivity contribution in [2.24, 2.45) is 5.92 Å². The van der Waals surface area contributed by atoms with Crippen molar-refractivity contribution >= 4 is 40.7 Å². The molecule has 2 N–H and O–H groups in total. The van der Waals surface area contributed by atoms with Crippen LogP contribution in [0.1, 0.15) is 36.7 Å². The number of carbonyl (C=O) groups excluding carboxylic acids is 1. The molecule has 1 fully saturated rings. The Labute approximate surface area is 143 Å².